The molecular formula is C22H45NO11. The zero-order valence-corrected chi connectivity index (χ0v) is 19.9. The molecule has 0 aromatic carbocycles. The van der Waals surface area contributed by atoms with Gasteiger partial charge in [0.2, 0.25) is 5.91 Å². The van der Waals surface area contributed by atoms with Gasteiger partial charge in [0.05, 0.1) is 13.2 Å². The molecule has 12 nitrogen and oxygen atoms in total. The number of hydrogen-bond donors (Lipinski definition) is 10. The lowest BCUT2D eigenvalue weighted by atomic mass is 10.0. The molecule has 0 rings (SSSR count). The van der Waals surface area contributed by atoms with E-state index in [2.05, 4.69) is 6.92 Å². The highest BCUT2D eigenvalue weighted by molar-refractivity contribution is 5.76. The van der Waals surface area contributed by atoms with Gasteiger partial charge < -0.3 is 56.0 Å². The van der Waals surface area contributed by atoms with Gasteiger partial charge in [-0.15, -0.1) is 0 Å². The molecule has 0 heterocycles. The van der Waals surface area contributed by atoms with E-state index in [0.29, 0.717) is 6.42 Å². The van der Waals surface area contributed by atoms with Crippen molar-refractivity contribution in [1.82, 2.24) is 4.90 Å². The fraction of sp³-hybridized carbons (Fsp3) is 0.955. The maximum atomic E-state index is 12.8. The largest absolute Gasteiger partial charge is 0.394 e. The highest BCUT2D eigenvalue weighted by Gasteiger charge is 2.35. The van der Waals surface area contributed by atoms with Crippen molar-refractivity contribution in [3.63, 3.8) is 0 Å². The first kappa shape index (κ1) is 33.1. The Balaban J connectivity index is 5.14. The Kier molecular flexibility index (Phi) is 17.9. The topological polar surface area (TPSA) is 223 Å². The van der Waals surface area contributed by atoms with Crippen LogP contribution in [0.2, 0.25) is 0 Å². The molecule has 12 heteroatoms. The van der Waals surface area contributed by atoms with Gasteiger partial charge in [-0.1, -0.05) is 45.4 Å². The highest BCUT2D eigenvalue weighted by Crippen LogP contribution is 2.14. The van der Waals surface area contributed by atoms with Crippen LogP contribution >= 0.6 is 0 Å². The number of aliphatic hydroxyl groups is 10. The first-order valence-electron chi connectivity index (χ1n) is 12.0. The molecule has 0 bridgehead atoms. The van der Waals surface area contributed by atoms with Gasteiger partial charge in [0.1, 0.15) is 48.8 Å². The highest BCUT2D eigenvalue weighted by atomic mass is 16.4. The Hall–Kier alpha value is -0.930. The predicted octanol–water partition coefficient (Wildman–Crippen LogP) is -3.17. The molecule has 34 heavy (non-hydrogen) atoms. The first-order valence-corrected chi connectivity index (χ1v) is 12.0. The van der Waals surface area contributed by atoms with Gasteiger partial charge in [0.15, 0.2) is 0 Å². The Morgan fingerprint density at radius 3 is 1.32 bits per heavy atom. The maximum Gasteiger partial charge on any atom is 0.222 e. The standard InChI is InChI=1S/C22H45NO11/c1-2-3-4-5-6-7-8-9-18(30)23(10-14(26)19(31)21(33)16(28)12-24)11-15(27)20(32)22(34)17(29)13-25/h14-17,19-22,24-29,31-34H,2-13H2,1H3/t14-,15-,16-,17-,19-,20-,21-,22-/m1/s1. The van der Waals surface area contributed by atoms with E-state index in [1.54, 1.807) is 0 Å². The first-order chi connectivity index (χ1) is 16.0. The molecule has 0 saturated heterocycles. The number of carbonyl (C=O) groups excluding carboxylic acids is 1. The van der Waals surface area contributed by atoms with E-state index in [9.17, 15) is 45.6 Å². The van der Waals surface area contributed by atoms with Crippen molar-refractivity contribution < 1.29 is 55.9 Å². The molecule has 0 aromatic heterocycles. The van der Waals surface area contributed by atoms with Crippen molar-refractivity contribution in [3.05, 3.63) is 0 Å². The molecular weight excluding hydrogens is 454 g/mol. The van der Waals surface area contributed by atoms with Gasteiger partial charge in [0.25, 0.3) is 0 Å². The zero-order valence-electron chi connectivity index (χ0n) is 19.9. The summed E-state index contributed by atoms with van der Waals surface area (Å²) in [6, 6.07) is 0. The van der Waals surface area contributed by atoms with Crippen molar-refractivity contribution >= 4 is 5.91 Å². The second kappa shape index (κ2) is 18.4. The fourth-order valence-corrected chi connectivity index (χ4v) is 3.46. The van der Waals surface area contributed by atoms with Crippen LogP contribution in [0.4, 0.5) is 0 Å². The Morgan fingerprint density at radius 1 is 0.588 bits per heavy atom. The third-order valence-corrected chi connectivity index (χ3v) is 5.81. The van der Waals surface area contributed by atoms with Gasteiger partial charge in [-0.05, 0) is 6.42 Å². The smallest absolute Gasteiger partial charge is 0.222 e. The van der Waals surface area contributed by atoms with E-state index >= 15 is 0 Å². The number of nitrogens with zero attached hydrogens (tertiary/aromatic N) is 1. The number of rotatable bonds is 20. The third-order valence-electron chi connectivity index (χ3n) is 5.81. The summed E-state index contributed by atoms with van der Waals surface area (Å²) in [6.07, 6.45) is -7.99. The number of amides is 1. The number of hydrogen-bond acceptors (Lipinski definition) is 11. The maximum absolute atomic E-state index is 12.8. The van der Waals surface area contributed by atoms with Crippen LogP contribution in [0.5, 0.6) is 0 Å². The molecule has 0 radical (unpaired) electrons. The number of unbranched alkanes of at least 4 members (excludes halogenated alkanes) is 6. The normalized spacial score (nSPS) is 19.0. The minimum Gasteiger partial charge on any atom is -0.394 e. The lowest BCUT2D eigenvalue weighted by Gasteiger charge is -2.33. The van der Waals surface area contributed by atoms with Crippen molar-refractivity contribution in [2.75, 3.05) is 26.3 Å². The molecule has 204 valence electrons. The van der Waals surface area contributed by atoms with Crippen molar-refractivity contribution in [3.8, 4) is 0 Å². The molecule has 0 aromatic rings. The zero-order chi connectivity index (χ0) is 26.3. The molecule has 0 aliphatic carbocycles. The average molecular weight is 500 g/mol. The van der Waals surface area contributed by atoms with E-state index < -0.39 is 81.0 Å². The van der Waals surface area contributed by atoms with E-state index in [1.165, 1.54) is 0 Å². The Morgan fingerprint density at radius 2 is 0.941 bits per heavy atom. The minimum absolute atomic E-state index is 0.0447. The van der Waals surface area contributed by atoms with Crippen LogP contribution < -0.4 is 0 Å². The molecule has 1 amide bonds. The second-order valence-electron chi connectivity index (χ2n) is 8.77. The molecule has 0 spiro atoms. The molecule has 0 aliphatic rings. The summed E-state index contributed by atoms with van der Waals surface area (Å²) in [4.78, 5) is 13.7. The monoisotopic (exact) mass is 499 g/mol. The van der Waals surface area contributed by atoms with Gasteiger partial charge in [-0.25, -0.2) is 0 Å². The second-order valence-corrected chi connectivity index (χ2v) is 8.77. The summed E-state index contributed by atoms with van der Waals surface area (Å²) in [5.41, 5.74) is 0. The summed E-state index contributed by atoms with van der Waals surface area (Å²) >= 11 is 0. The van der Waals surface area contributed by atoms with E-state index in [1.807, 2.05) is 0 Å². The summed E-state index contributed by atoms with van der Waals surface area (Å²) in [5, 5.41) is 97.0. The van der Waals surface area contributed by atoms with Gasteiger partial charge in [-0.2, -0.15) is 0 Å². The molecule has 0 aliphatic heterocycles. The van der Waals surface area contributed by atoms with E-state index in [4.69, 9.17) is 10.2 Å². The molecule has 8 atom stereocenters. The van der Waals surface area contributed by atoms with Crippen molar-refractivity contribution in [1.29, 1.82) is 0 Å². The SMILES string of the molecule is CCCCCCCCCC(=O)N(C[C@@H](O)[C@@H](O)[C@H](O)[C@H](O)CO)C[C@@H](O)[C@@H](O)[C@H](O)[C@H](O)CO. The lowest BCUT2D eigenvalue weighted by Crippen LogP contribution is -2.54. The van der Waals surface area contributed by atoms with Crippen LogP contribution in [-0.4, -0.2) is 137 Å². The number of carbonyl (C=O) groups is 1. The summed E-state index contributed by atoms with van der Waals surface area (Å²) in [7, 11) is 0. The minimum atomic E-state index is -1.93. The molecule has 0 fully saturated rings. The summed E-state index contributed by atoms with van der Waals surface area (Å²) in [5.74, 6) is -0.527. The van der Waals surface area contributed by atoms with Crippen molar-refractivity contribution in [2.24, 2.45) is 0 Å². The van der Waals surface area contributed by atoms with Crippen molar-refractivity contribution in [2.45, 2.75) is 107 Å². The molecule has 0 unspecified atom stereocenters. The molecule has 0 saturated carbocycles. The van der Waals surface area contributed by atoms with Crippen LogP contribution in [0.25, 0.3) is 0 Å². The van der Waals surface area contributed by atoms with Crippen LogP contribution in [0.1, 0.15) is 58.3 Å². The van der Waals surface area contributed by atoms with Crippen LogP contribution in [-0.2, 0) is 4.79 Å². The van der Waals surface area contributed by atoms with E-state index in [-0.39, 0.29) is 6.42 Å². The average Bonchev–Trinajstić information content (AvgIpc) is 2.84. The van der Waals surface area contributed by atoms with Gasteiger partial charge in [0, 0.05) is 19.5 Å². The summed E-state index contributed by atoms with van der Waals surface area (Å²) in [6.45, 7) is -0.817. The fourth-order valence-electron chi connectivity index (χ4n) is 3.46. The Bertz CT molecular complexity index is 497. The van der Waals surface area contributed by atoms with E-state index in [0.717, 1.165) is 43.4 Å². The lowest BCUT2D eigenvalue weighted by molar-refractivity contribution is -0.148. The quantitative estimate of drug-likeness (QED) is 0.0752. The summed E-state index contributed by atoms with van der Waals surface area (Å²) < 4.78 is 0. The van der Waals surface area contributed by atoms with Gasteiger partial charge in [-0.3, -0.25) is 4.79 Å². The van der Waals surface area contributed by atoms with Crippen LogP contribution in [0.15, 0.2) is 0 Å². The van der Waals surface area contributed by atoms with Crippen LogP contribution in [0.3, 0.4) is 0 Å². The number of aliphatic hydroxyl groups excluding tert-OH is 10. The molecule has 10 N–H and O–H groups in total. The van der Waals surface area contributed by atoms with Gasteiger partial charge >= 0.3 is 0 Å². The van der Waals surface area contributed by atoms with Crippen LogP contribution in [0, 0.1) is 0 Å². The Labute approximate surface area is 200 Å². The third kappa shape index (κ3) is 12.2. The predicted molar refractivity (Wildman–Crippen MR) is 121 cm³/mol.